The number of hydrogen-bond acceptors (Lipinski definition) is 2. The molecule has 130 valence electrons. The molecule has 3 rings (SSSR count). The van der Waals surface area contributed by atoms with E-state index in [1.54, 1.807) is 0 Å². The molecule has 0 spiro atoms. The number of H-pyrrole nitrogens is 1. The Balaban J connectivity index is 1.57. The molecule has 2 aromatic rings. The lowest BCUT2D eigenvalue weighted by atomic mass is 10.1. The van der Waals surface area contributed by atoms with Gasteiger partial charge in [-0.3, -0.25) is 4.99 Å². The summed E-state index contributed by atoms with van der Waals surface area (Å²) in [6.45, 7) is 7.60. The lowest BCUT2D eigenvalue weighted by molar-refractivity contribution is 0.117. The number of hydrogen-bond donors (Lipinski definition) is 3. The standard InChI is InChI=1S/C19H28N4O/c1-3-20-19(23-13-16-7-5-11-24-16)21-10-9-15-12-22-17-8-4-6-14(2)18(15)17/h4,6,8,12,16,22H,3,5,7,9-11,13H2,1-2H3,(H2,20,21,23). The first kappa shape index (κ1) is 16.8. The minimum Gasteiger partial charge on any atom is -0.376 e. The van der Waals surface area contributed by atoms with Gasteiger partial charge in [0.25, 0.3) is 0 Å². The van der Waals surface area contributed by atoms with Gasteiger partial charge in [-0.2, -0.15) is 0 Å². The van der Waals surface area contributed by atoms with Gasteiger partial charge in [-0.05, 0) is 50.3 Å². The van der Waals surface area contributed by atoms with Crippen molar-refractivity contribution in [2.45, 2.75) is 39.2 Å². The molecular formula is C19H28N4O. The van der Waals surface area contributed by atoms with E-state index in [0.717, 1.165) is 51.5 Å². The second kappa shape index (κ2) is 8.20. The average molecular weight is 328 g/mol. The maximum absolute atomic E-state index is 5.64. The minimum atomic E-state index is 0.289. The first-order valence-corrected chi connectivity index (χ1v) is 8.97. The zero-order valence-corrected chi connectivity index (χ0v) is 14.7. The molecule has 0 amide bonds. The number of aromatic amines is 1. The number of aryl methyl sites for hydroxylation is 1. The van der Waals surface area contributed by atoms with Gasteiger partial charge >= 0.3 is 0 Å². The van der Waals surface area contributed by atoms with Crippen LogP contribution in [0.3, 0.4) is 0 Å². The van der Waals surface area contributed by atoms with Crippen LogP contribution in [0.15, 0.2) is 29.4 Å². The van der Waals surface area contributed by atoms with E-state index in [4.69, 9.17) is 4.74 Å². The van der Waals surface area contributed by atoms with Crippen molar-refractivity contribution >= 4 is 16.9 Å². The topological polar surface area (TPSA) is 61.4 Å². The summed E-state index contributed by atoms with van der Waals surface area (Å²) in [4.78, 5) is 8.02. The normalized spacial score (nSPS) is 18.2. The van der Waals surface area contributed by atoms with Gasteiger partial charge in [0.1, 0.15) is 0 Å². The molecular weight excluding hydrogens is 300 g/mol. The zero-order chi connectivity index (χ0) is 16.8. The van der Waals surface area contributed by atoms with Crippen LogP contribution in [-0.4, -0.2) is 43.3 Å². The summed E-state index contributed by atoms with van der Waals surface area (Å²) in [5.41, 5.74) is 3.89. The van der Waals surface area contributed by atoms with Gasteiger partial charge < -0.3 is 20.4 Å². The van der Waals surface area contributed by atoms with Gasteiger partial charge in [-0.15, -0.1) is 0 Å². The van der Waals surface area contributed by atoms with E-state index < -0.39 is 0 Å². The van der Waals surface area contributed by atoms with E-state index in [1.165, 1.54) is 22.0 Å². The molecule has 1 unspecified atom stereocenters. The van der Waals surface area contributed by atoms with Crippen LogP contribution in [0.25, 0.3) is 10.9 Å². The Hall–Kier alpha value is -2.01. The van der Waals surface area contributed by atoms with Gasteiger partial charge in [0, 0.05) is 36.8 Å². The van der Waals surface area contributed by atoms with Gasteiger partial charge in [0.05, 0.1) is 12.6 Å². The molecule has 1 aliphatic heterocycles. The molecule has 0 radical (unpaired) electrons. The van der Waals surface area contributed by atoms with Crippen molar-refractivity contribution in [1.82, 2.24) is 15.6 Å². The van der Waals surface area contributed by atoms with Crippen LogP contribution in [0.5, 0.6) is 0 Å². The molecule has 1 fully saturated rings. The third kappa shape index (κ3) is 4.09. The maximum Gasteiger partial charge on any atom is 0.191 e. The number of ether oxygens (including phenoxy) is 1. The Morgan fingerprint density at radius 2 is 2.29 bits per heavy atom. The van der Waals surface area contributed by atoms with E-state index >= 15 is 0 Å². The second-order valence-corrected chi connectivity index (χ2v) is 6.34. The van der Waals surface area contributed by atoms with Crippen molar-refractivity contribution in [2.24, 2.45) is 4.99 Å². The van der Waals surface area contributed by atoms with Crippen LogP contribution in [0, 0.1) is 6.92 Å². The number of rotatable bonds is 6. The lowest BCUT2D eigenvalue weighted by Crippen LogP contribution is -2.38. The van der Waals surface area contributed by atoms with Crippen molar-refractivity contribution in [2.75, 3.05) is 26.2 Å². The maximum atomic E-state index is 5.64. The van der Waals surface area contributed by atoms with E-state index in [9.17, 15) is 0 Å². The SMILES string of the molecule is CCNC(=NCC1CCCO1)NCCc1c[nH]c2cccc(C)c12. The number of aliphatic imine (C=N–C) groups is 1. The molecule has 2 heterocycles. The van der Waals surface area contributed by atoms with Crippen LogP contribution in [0.1, 0.15) is 30.9 Å². The Morgan fingerprint density at radius 3 is 3.08 bits per heavy atom. The van der Waals surface area contributed by atoms with Crippen molar-refractivity contribution in [1.29, 1.82) is 0 Å². The first-order valence-electron chi connectivity index (χ1n) is 8.97. The van der Waals surface area contributed by atoms with Crippen molar-refractivity contribution in [3.8, 4) is 0 Å². The summed E-state index contributed by atoms with van der Waals surface area (Å²) in [5.74, 6) is 0.879. The number of nitrogens with one attached hydrogen (secondary N) is 3. The Morgan fingerprint density at radius 1 is 1.38 bits per heavy atom. The highest BCUT2D eigenvalue weighted by Crippen LogP contribution is 2.22. The highest BCUT2D eigenvalue weighted by molar-refractivity contribution is 5.86. The Bertz CT molecular complexity index is 686. The number of nitrogens with zero attached hydrogens (tertiary/aromatic N) is 1. The van der Waals surface area contributed by atoms with Crippen molar-refractivity contribution in [3.63, 3.8) is 0 Å². The fourth-order valence-electron chi connectivity index (χ4n) is 3.29. The molecule has 1 aromatic heterocycles. The highest BCUT2D eigenvalue weighted by Gasteiger charge is 2.14. The summed E-state index contributed by atoms with van der Waals surface area (Å²) in [6.07, 6.45) is 5.66. The van der Waals surface area contributed by atoms with Crippen LogP contribution >= 0.6 is 0 Å². The quantitative estimate of drug-likeness (QED) is 0.564. The van der Waals surface area contributed by atoms with E-state index in [-0.39, 0.29) is 6.10 Å². The molecule has 5 heteroatoms. The summed E-state index contributed by atoms with van der Waals surface area (Å²) >= 11 is 0. The fourth-order valence-corrected chi connectivity index (χ4v) is 3.29. The largest absolute Gasteiger partial charge is 0.376 e. The Labute approximate surface area is 143 Å². The van der Waals surface area contributed by atoms with E-state index in [2.05, 4.69) is 58.9 Å². The average Bonchev–Trinajstić information content (AvgIpc) is 3.23. The smallest absolute Gasteiger partial charge is 0.191 e. The van der Waals surface area contributed by atoms with Crippen LogP contribution < -0.4 is 10.6 Å². The number of guanidine groups is 1. The van der Waals surface area contributed by atoms with E-state index in [1.807, 2.05) is 0 Å². The minimum absolute atomic E-state index is 0.289. The lowest BCUT2D eigenvalue weighted by Gasteiger charge is -2.13. The molecule has 1 aromatic carbocycles. The molecule has 1 atom stereocenters. The zero-order valence-electron chi connectivity index (χ0n) is 14.7. The number of aromatic nitrogens is 1. The Kier molecular flexibility index (Phi) is 5.75. The van der Waals surface area contributed by atoms with Gasteiger partial charge in [-0.1, -0.05) is 12.1 Å². The van der Waals surface area contributed by atoms with Crippen LogP contribution in [0.2, 0.25) is 0 Å². The molecule has 0 bridgehead atoms. The third-order valence-electron chi connectivity index (χ3n) is 4.50. The molecule has 0 saturated carbocycles. The molecule has 5 nitrogen and oxygen atoms in total. The molecule has 1 saturated heterocycles. The van der Waals surface area contributed by atoms with Crippen LogP contribution in [0.4, 0.5) is 0 Å². The molecule has 24 heavy (non-hydrogen) atoms. The molecule has 3 N–H and O–H groups in total. The van der Waals surface area contributed by atoms with Gasteiger partial charge in [-0.25, -0.2) is 0 Å². The molecule has 0 aliphatic carbocycles. The van der Waals surface area contributed by atoms with Crippen molar-refractivity contribution < 1.29 is 4.74 Å². The summed E-state index contributed by atoms with van der Waals surface area (Å²) < 4.78 is 5.64. The second-order valence-electron chi connectivity index (χ2n) is 6.34. The number of benzene rings is 1. The van der Waals surface area contributed by atoms with Gasteiger partial charge in [0.15, 0.2) is 5.96 Å². The number of fused-ring (bicyclic) bond motifs is 1. The predicted octanol–water partition coefficient (Wildman–Crippen LogP) is 2.75. The van der Waals surface area contributed by atoms with Crippen molar-refractivity contribution in [3.05, 3.63) is 35.5 Å². The monoisotopic (exact) mass is 328 g/mol. The fraction of sp³-hybridized carbons (Fsp3) is 0.526. The highest BCUT2D eigenvalue weighted by atomic mass is 16.5. The van der Waals surface area contributed by atoms with E-state index in [0.29, 0.717) is 0 Å². The first-order chi connectivity index (χ1) is 11.8. The summed E-state index contributed by atoms with van der Waals surface area (Å²) in [5, 5.41) is 8.10. The van der Waals surface area contributed by atoms with Crippen LogP contribution in [-0.2, 0) is 11.2 Å². The predicted molar refractivity (Wildman–Crippen MR) is 99.7 cm³/mol. The van der Waals surface area contributed by atoms with Gasteiger partial charge in [0.2, 0.25) is 0 Å². The third-order valence-corrected chi connectivity index (χ3v) is 4.50. The summed E-state index contributed by atoms with van der Waals surface area (Å²) in [6, 6.07) is 6.39. The summed E-state index contributed by atoms with van der Waals surface area (Å²) in [7, 11) is 0. The molecule has 1 aliphatic rings.